The van der Waals surface area contributed by atoms with Crippen LogP contribution in [0.25, 0.3) is 11.0 Å². The van der Waals surface area contributed by atoms with Crippen molar-refractivity contribution < 1.29 is 9.15 Å². The minimum atomic E-state index is 0.706. The molecule has 3 aromatic rings. The van der Waals surface area contributed by atoms with Crippen molar-refractivity contribution in [1.82, 2.24) is 9.55 Å². The molecule has 5 heteroatoms. The number of nitrogens with zero attached hydrogens (tertiary/aromatic N) is 1. The van der Waals surface area contributed by atoms with Crippen LogP contribution in [-0.4, -0.2) is 16.2 Å². The SMILES string of the molecule is CCCOc1cccc2c1[nH]c(=S)n2CCc1ccco1. The molecular weight excluding hydrogens is 284 g/mol. The topological polar surface area (TPSA) is 43.1 Å². The first kappa shape index (κ1) is 13.9. The van der Waals surface area contributed by atoms with E-state index in [1.54, 1.807) is 6.26 Å². The number of imidazole rings is 1. The molecule has 0 saturated carbocycles. The van der Waals surface area contributed by atoms with Crippen molar-refractivity contribution in [2.75, 3.05) is 6.61 Å². The summed E-state index contributed by atoms with van der Waals surface area (Å²) in [6, 6.07) is 9.91. The Balaban J connectivity index is 1.91. The number of ether oxygens (including phenoxy) is 1. The molecule has 0 atom stereocenters. The highest BCUT2D eigenvalue weighted by atomic mass is 32.1. The molecule has 2 heterocycles. The molecule has 1 aromatic carbocycles. The Labute approximate surface area is 128 Å². The minimum absolute atomic E-state index is 0.706. The van der Waals surface area contributed by atoms with Crippen molar-refractivity contribution in [2.45, 2.75) is 26.3 Å². The quantitative estimate of drug-likeness (QED) is 0.689. The van der Waals surface area contributed by atoms with Crippen molar-refractivity contribution in [3.63, 3.8) is 0 Å². The summed E-state index contributed by atoms with van der Waals surface area (Å²) in [4.78, 5) is 3.26. The Hall–Kier alpha value is -2.01. The van der Waals surface area contributed by atoms with Crippen molar-refractivity contribution >= 4 is 23.3 Å². The molecule has 0 aliphatic carbocycles. The molecule has 1 N–H and O–H groups in total. The molecule has 0 aliphatic rings. The van der Waals surface area contributed by atoms with Gasteiger partial charge in [-0.1, -0.05) is 13.0 Å². The normalized spacial score (nSPS) is 11.1. The number of benzene rings is 1. The van der Waals surface area contributed by atoms with Gasteiger partial charge in [0.15, 0.2) is 4.77 Å². The van der Waals surface area contributed by atoms with Crippen molar-refractivity contribution in [3.05, 3.63) is 47.1 Å². The van der Waals surface area contributed by atoms with Gasteiger partial charge in [-0.05, 0) is 42.9 Å². The molecule has 0 bridgehead atoms. The van der Waals surface area contributed by atoms with E-state index in [9.17, 15) is 0 Å². The predicted octanol–water partition coefficient (Wildman–Crippen LogP) is 4.32. The fourth-order valence-corrected chi connectivity index (χ4v) is 2.68. The van der Waals surface area contributed by atoms with Gasteiger partial charge >= 0.3 is 0 Å². The maximum atomic E-state index is 5.78. The second kappa shape index (κ2) is 6.18. The maximum Gasteiger partial charge on any atom is 0.178 e. The van der Waals surface area contributed by atoms with Crippen LogP contribution in [0.5, 0.6) is 5.75 Å². The third-order valence-electron chi connectivity index (χ3n) is 3.40. The maximum absolute atomic E-state index is 5.78. The van der Waals surface area contributed by atoms with Gasteiger partial charge in [0.25, 0.3) is 0 Å². The van der Waals surface area contributed by atoms with E-state index in [0.717, 1.165) is 41.9 Å². The van der Waals surface area contributed by atoms with E-state index < -0.39 is 0 Å². The standard InChI is InChI=1S/C16H18N2O2S/c1-2-10-20-14-7-3-6-13-15(14)17-16(21)18(13)9-8-12-5-4-11-19-12/h3-7,11H,2,8-10H2,1H3,(H,17,21). The Kier molecular flexibility index (Phi) is 4.10. The summed E-state index contributed by atoms with van der Waals surface area (Å²) in [5.74, 6) is 1.82. The van der Waals surface area contributed by atoms with Gasteiger partial charge in [0.05, 0.1) is 18.4 Å². The van der Waals surface area contributed by atoms with Crippen LogP contribution >= 0.6 is 12.2 Å². The average Bonchev–Trinajstić information content (AvgIpc) is 3.10. The van der Waals surface area contributed by atoms with Gasteiger partial charge in [-0.25, -0.2) is 0 Å². The van der Waals surface area contributed by atoms with Gasteiger partial charge in [0.1, 0.15) is 17.0 Å². The number of para-hydroxylation sites is 1. The predicted molar refractivity (Wildman–Crippen MR) is 85.3 cm³/mol. The molecule has 0 spiro atoms. The minimum Gasteiger partial charge on any atom is -0.491 e. The number of hydrogen-bond acceptors (Lipinski definition) is 3. The van der Waals surface area contributed by atoms with Crippen LogP contribution in [-0.2, 0) is 13.0 Å². The zero-order chi connectivity index (χ0) is 14.7. The smallest absolute Gasteiger partial charge is 0.178 e. The summed E-state index contributed by atoms with van der Waals surface area (Å²) in [6.45, 7) is 3.58. The molecular formula is C16H18N2O2S. The summed E-state index contributed by atoms with van der Waals surface area (Å²) < 4.78 is 14.0. The lowest BCUT2D eigenvalue weighted by atomic mass is 10.2. The highest BCUT2D eigenvalue weighted by Crippen LogP contribution is 2.25. The molecule has 0 fully saturated rings. The first-order chi connectivity index (χ1) is 10.3. The molecule has 21 heavy (non-hydrogen) atoms. The van der Waals surface area contributed by atoms with Crippen LogP contribution < -0.4 is 4.74 Å². The Morgan fingerprint density at radius 2 is 2.19 bits per heavy atom. The van der Waals surface area contributed by atoms with E-state index in [2.05, 4.69) is 22.5 Å². The van der Waals surface area contributed by atoms with E-state index in [1.807, 2.05) is 24.3 Å². The number of aromatic nitrogens is 2. The second-order valence-corrected chi connectivity index (χ2v) is 5.30. The van der Waals surface area contributed by atoms with Crippen LogP contribution in [0.1, 0.15) is 19.1 Å². The van der Waals surface area contributed by atoms with Crippen molar-refractivity contribution in [1.29, 1.82) is 0 Å². The van der Waals surface area contributed by atoms with Gasteiger partial charge in [0, 0.05) is 13.0 Å². The van der Waals surface area contributed by atoms with E-state index in [0.29, 0.717) is 11.4 Å². The van der Waals surface area contributed by atoms with E-state index >= 15 is 0 Å². The third-order valence-corrected chi connectivity index (χ3v) is 3.72. The lowest BCUT2D eigenvalue weighted by Gasteiger charge is -2.06. The van der Waals surface area contributed by atoms with Crippen LogP contribution in [0.3, 0.4) is 0 Å². The van der Waals surface area contributed by atoms with Gasteiger partial charge in [-0.15, -0.1) is 0 Å². The lowest BCUT2D eigenvalue weighted by Crippen LogP contribution is -2.01. The molecule has 2 aromatic heterocycles. The van der Waals surface area contributed by atoms with Gasteiger partial charge in [-0.2, -0.15) is 0 Å². The fraction of sp³-hybridized carbons (Fsp3) is 0.312. The molecule has 110 valence electrons. The molecule has 4 nitrogen and oxygen atoms in total. The Morgan fingerprint density at radius 1 is 1.29 bits per heavy atom. The van der Waals surface area contributed by atoms with Crippen LogP contribution in [0.4, 0.5) is 0 Å². The fourth-order valence-electron chi connectivity index (χ4n) is 2.39. The number of aryl methyl sites for hydroxylation is 2. The zero-order valence-electron chi connectivity index (χ0n) is 12.0. The number of hydrogen-bond donors (Lipinski definition) is 1. The lowest BCUT2D eigenvalue weighted by molar-refractivity contribution is 0.320. The zero-order valence-corrected chi connectivity index (χ0v) is 12.8. The largest absolute Gasteiger partial charge is 0.491 e. The highest BCUT2D eigenvalue weighted by molar-refractivity contribution is 7.71. The highest BCUT2D eigenvalue weighted by Gasteiger charge is 2.09. The number of nitrogens with one attached hydrogen (secondary N) is 1. The number of fused-ring (bicyclic) bond motifs is 1. The summed E-state index contributed by atoms with van der Waals surface area (Å²) >= 11 is 5.44. The number of furan rings is 1. The molecule has 0 unspecified atom stereocenters. The molecule has 0 saturated heterocycles. The van der Waals surface area contributed by atoms with Crippen LogP contribution in [0, 0.1) is 4.77 Å². The number of H-pyrrole nitrogens is 1. The average molecular weight is 302 g/mol. The summed E-state index contributed by atoms with van der Waals surface area (Å²) in [7, 11) is 0. The molecule has 0 aliphatic heterocycles. The van der Waals surface area contributed by atoms with Crippen LogP contribution in [0.15, 0.2) is 41.0 Å². The summed E-state index contributed by atoms with van der Waals surface area (Å²) in [6.07, 6.45) is 3.49. The second-order valence-electron chi connectivity index (χ2n) is 4.91. The van der Waals surface area contributed by atoms with Crippen molar-refractivity contribution in [3.8, 4) is 5.75 Å². The Bertz CT molecular complexity index is 771. The van der Waals surface area contributed by atoms with Gasteiger partial charge < -0.3 is 18.7 Å². The summed E-state index contributed by atoms with van der Waals surface area (Å²) in [5.41, 5.74) is 2.04. The van der Waals surface area contributed by atoms with Gasteiger partial charge in [0.2, 0.25) is 0 Å². The number of rotatable bonds is 6. The first-order valence-electron chi connectivity index (χ1n) is 7.16. The van der Waals surface area contributed by atoms with Gasteiger partial charge in [-0.3, -0.25) is 0 Å². The van der Waals surface area contributed by atoms with Crippen molar-refractivity contribution in [2.24, 2.45) is 0 Å². The molecule has 0 amide bonds. The Morgan fingerprint density at radius 3 is 2.95 bits per heavy atom. The van der Waals surface area contributed by atoms with E-state index in [1.165, 1.54) is 0 Å². The van der Waals surface area contributed by atoms with Crippen LogP contribution in [0.2, 0.25) is 0 Å². The first-order valence-corrected chi connectivity index (χ1v) is 7.57. The third kappa shape index (κ3) is 2.88. The van der Waals surface area contributed by atoms with E-state index in [-0.39, 0.29) is 0 Å². The number of aromatic amines is 1. The molecule has 3 rings (SSSR count). The summed E-state index contributed by atoms with van der Waals surface area (Å²) in [5, 5.41) is 0. The molecule has 0 radical (unpaired) electrons. The van der Waals surface area contributed by atoms with E-state index in [4.69, 9.17) is 21.4 Å². The monoisotopic (exact) mass is 302 g/mol.